The van der Waals surface area contributed by atoms with Gasteiger partial charge in [0, 0.05) is 38.2 Å². The second-order valence-corrected chi connectivity index (χ2v) is 4.57. The van der Waals surface area contributed by atoms with Crippen LogP contribution in [-0.4, -0.2) is 37.7 Å². The maximum Gasteiger partial charge on any atom is 0.221 e. The first-order valence-corrected chi connectivity index (χ1v) is 6.50. The van der Waals surface area contributed by atoms with Crippen molar-refractivity contribution in [2.24, 2.45) is 0 Å². The molecule has 1 aromatic heterocycles. The number of methoxy groups -OCH3 is 1. The average molecular weight is 257 g/mol. The second-order valence-electron chi connectivity index (χ2n) is 3.64. The second kappa shape index (κ2) is 8.16. The minimum Gasteiger partial charge on any atom is -0.383 e. The molecule has 1 amide bonds. The van der Waals surface area contributed by atoms with E-state index in [1.54, 1.807) is 24.6 Å². The minimum atomic E-state index is 0.0425. The van der Waals surface area contributed by atoms with Crippen LogP contribution in [0.25, 0.3) is 0 Å². The lowest BCUT2D eigenvalue weighted by atomic mass is 10.3. The number of rotatable bonds is 8. The Bertz CT molecular complexity index is 317. The van der Waals surface area contributed by atoms with Gasteiger partial charge in [-0.2, -0.15) is 0 Å². The Morgan fingerprint density at radius 3 is 3.06 bits per heavy atom. The highest BCUT2D eigenvalue weighted by atomic mass is 32.1. The summed E-state index contributed by atoms with van der Waals surface area (Å²) in [6.45, 7) is 3.81. The molecule has 1 rings (SSSR count). The zero-order valence-electron chi connectivity index (χ0n) is 10.2. The Morgan fingerprint density at radius 1 is 1.59 bits per heavy atom. The van der Waals surface area contributed by atoms with Crippen LogP contribution in [0.4, 0.5) is 0 Å². The van der Waals surface area contributed by atoms with Gasteiger partial charge in [0.25, 0.3) is 0 Å². The van der Waals surface area contributed by atoms with Gasteiger partial charge in [0.05, 0.1) is 12.6 Å². The molecule has 17 heavy (non-hydrogen) atoms. The summed E-state index contributed by atoms with van der Waals surface area (Å²) in [5.74, 6) is 0.0425. The molecule has 0 spiro atoms. The van der Waals surface area contributed by atoms with Gasteiger partial charge in [0.2, 0.25) is 5.91 Å². The van der Waals surface area contributed by atoms with Gasteiger partial charge in [-0.3, -0.25) is 4.79 Å². The lowest BCUT2D eigenvalue weighted by Crippen LogP contribution is -2.30. The molecule has 0 aliphatic rings. The molecule has 0 bridgehead atoms. The largest absolute Gasteiger partial charge is 0.383 e. The highest BCUT2D eigenvalue weighted by Gasteiger charge is 2.07. The van der Waals surface area contributed by atoms with Crippen molar-refractivity contribution in [1.29, 1.82) is 0 Å². The van der Waals surface area contributed by atoms with E-state index in [1.807, 2.05) is 12.3 Å². The minimum absolute atomic E-state index is 0.0425. The molecule has 0 aromatic carbocycles. The first kappa shape index (κ1) is 14.1. The molecule has 0 saturated heterocycles. The molecule has 5 nitrogen and oxygen atoms in total. The highest BCUT2D eigenvalue weighted by molar-refractivity contribution is 7.09. The van der Waals surface area contributed by atoms with Crippen molar-refractivity contribution in [2.75, 3.05) is 26.8 Å². The van der Waals surface area contributed by atoms with Gasteiger partial charge in [-0.25, -0.2) is 4.98 Å². The third kappa shape index (κ3) is 5.76. The Labute approximate surface area is 106 Å². The number of hydrogen-bond acceptors (Lipinski definition) is 5. The van der Waals surface area contributed by atoms with Gasteiger partial charge < -0.3 is 15.4 Å². The Morgan fingerprint density at radius 2 is 2.41 bits per heavy atom. The summed E-state index contributed by atoms with van der Waals surface area (Å²) in [5, 5.41) is 9.03. The summed E-state index contributed by atoms with van der Waals surface area (Å²) >= 11 is 1.62. The molecule has 1 heterocycles. The van der Waals surface area contributed by atoms with E-state index < -0.39 is 0 Å². The smallest absolute Gasteiger partial charge is 0.221 e. The van der Waals surface area contributed by atoms with Crippen LogP contribution in [0.3, 0.4) is 0 Å². The molecule has 2 N–H and O–H groups in total. The third-order valence-electron chi connectivity index (χ3n) is 2.25. The molecule has 1 atom stereocenters. The first-order chi connectivity index (χ1) is 8.24. The quantitative estimate of drug-likeness (QED) is 0.681. The molecule has 0 aliphatic carbocycles. The van der Waals surface area contributed by atoms with Crippen LogP contribution in [0.5, 0.6) is 0 Å². The molecular weight excluding hydrogens is 238 g/mol. The number of hydrogen-bond donors (Lipinski definition) is 2. The first-order valence-electron chi connectivity index (χ1n) is 5.62. The maximum absolute atomic E-state index is 11.4. The van der Waals surface area contributed by atoms with E-state index in [0.717, 1.165) is 5.01 Å². The van der Waals surface area contributed by atoms with Crippen LogP contribution < -0.4 is 10.6 Å². The summed E-state index contributed by atoms with van der Waals surface area (Å²) < 4.78 is 4.85. The van der Waals surface area contributed by atoms with Crippen LogP contribution in [0, 0.1) is 0 Å². The standard InChI is InChI=1S/C11H19N3O2S/c1-9(11-14-6-8-17-11)12-4-3-10(15)13-5-7-16-2/h6,8-9,12H,3-5,7H2,1-2H3,(H,13,15). The lowest BCUT2D eigenvalue weighted by molar-refractivity contribution is -0.121. The zero-order chi connectivity index (χ0) is 12.5. The topological polar surface area (TPSA) is 63.2 Å². The van der Waals surface area contributed by atoms with Gasteiger partial charge in [-0.1, -0.05) is 0 Å². The SMILES string of the molecule is COCCNC(=O)CCNC(C)c1nccs1. The molecule has 1 aromatic rings. The van der Waals surface area contributed by atoms with Gasteiger partial charge in [-0.05, 0) is 6.92 Å². The van der Waals surface area contributed by atoms with E-state index in [0.29, 0.717) is 26.1 Å². The number of amides is 1. The molecular formula is C11H19N3O2S. The summed E-state index contributed by atoms with van der Waals surface area (Å²) in [7, 11) is 1.61. The number of carbonyl (C=O) groups is 1. The third-order valence-corrected chi connectivity index (χ3v) is 3.21. The normalized spacial score (nSPS) is 12.4. The van der Waals surface area contributed by atoms with E-state index in [2.05, 4.69) is 15.6 Å². The molecule has 0 saturated carbocycles. The molecule has 0 radical (unpaired) electrons. The predicted molar refractivity (Wildman–Crippen MR) is 68.0 cm³/mol. The molecule has 0 fully saturated rings. The van der Waals surface area contributed by atoms with Crippen LogP contribution in [-0.2, 0) is 9.53 Å². The predicted octanol–water partition coefficient (Wildman–Crippen LogP) is 0.946. The number of nitrogens with zero attached hydrogens (tertiary/aromatic N) is 1. The monoisotopic (exact) mass is 257 g/mol. The Kier molecular flexibility index (Phi) is 6.76. The number of nitrogens with one attached hydrogen (secondary N) is 2. The van der Waals surface area contributed by atoms with Crippen molar-refractivity contribution < 1.29 is 9.53 Å². The fourth-order valence-electron chi connectivity index (χ4n) is 1.32. The highest BCUT2D eigenvalue weighted by Crippen LogP contribution is 2.14. The van der Waals surface area contributed by atoms with E-state index in [1.165, 1.54) is 0 Å². The van der Waals surface area contributed by atoms with Gasteiger partial charge in [0.1, 0.15) is 5.01 Å². The van der Waals surface area contributed by atoms with Crippen molar-refractivity contribution in [1.82, 2.24) is 15.6 Å². The molecule has 6 heteroatoms. The number of thiazole rings is 1. The van der Waals surface area contributed by atoms with E-state index >= 15 is 0 Å². The lowest BCUT2D eigenvalue weighted by Gasteiger charge is -2.10. The van der Waals surface area contributed by atoms with Crippen molar-refractivity contribution in [3.63, 3.8) is 0 Å². The summed E-state index contributed by atoms with van der Waals surface area (Å²) in [6.07, 6.45) is 2.26. The number of aromatic nitrogens is 1. The number of ether oxygens (including phenoxy) is 1. The number of carbonyl (C=O) groups excluding carboxylic acids is 1. The van der Waals surface area contributed by atoms with Crippen LogP contribution in [0.15, 0.2) is 11.6 Å². The zero-order valence-corrected chi connectivity index (χ0v) is 11.0. The maximum atomic E-state index is 11.4. The van der Waals surface area contributed by atoms with E-state index in [9.17, 15) is 4.79 Å². The summed E-state index contributed by atoms with van der Waals surface area (Å²) in [5.41, 5.74) is 0. The fourth-order valence-corrected chi connectivity index (χ4v) is 1.99. The fraction of sp³-hybridized carbons (Fsp3) is 0.636. The van der Waals surface area contributed by atoms with Crippen molar-refractivity contribution in [3.05, 3.63) is 16.6 Å². The summed E-state index contributed by atoms with van der Waals surface area (Å²) in [4.78, 5) is 15.6. The molecule has 0 aliphatic heterocycles. The van der Waals surface area contributed by atoms with Crippen molar-refractivity contribution in [3.8, 4) is 0 Å². The van der Waals surface area contributed by atoms with Crippen LogP contribution in [0.2, 0.25) is 0 Å². The van der Waals surface area contributed by atoms with E-state index in [4.69, 9.17) is 4.74 Å². The van der Waals surface area contributed by atoms with Crippen LogP contribution >= 0.6 is 11.3 Å². The van der Waals surface area contributed by atoms with Crippen molar-refractivity contribution >= 4 is 17.2 Å². The van der Waals surface area contributed by atoms with E-state index in [-0.39, 0.29) is 11.9 Å². The van der Waals surface area contributed by atoms with Crippen LogP contribution in [0.1, 0.15) is 24.4 Å². The van der Waals surface area contributed by atoms with Gasteiger partial charge in [-0.15, -0.1) is 11.3 Å². The summed E-state index contributed by atoms with van der Waals surface area (Å²) in [6, 6.07) is 0.196. The molecule has 1 unspecified atom stereocenters. The Balaban J connectivity index is 2.09. The Hall–Kier alpha value is -0.980. The average Bonchev–Trinajstić information content (AvgIpc) is 2.82. The molecule has 96 valence electrons. The van der Waals surface area contributed by atoms with Gasteiger partial charge in [0.15, 0.2) is 0 Å². The van der Waals surface area contributed by atoms with Crippen molar-refractivity contribution in [2.45, 2.75) is 19.4 Å². The van der Waals surface area contributed by atoms with Gasteiger partial charge >= 0.3 is 0 Å².